The smallest absolute Gasteiger partial charge is 0.289 e. The molecule has 3 heterocycles. The largest absolute Gasteiger partial charge is 0.454 e. The average Bonchev–Trinajstić information content (AvgIpc) is 3.42. The maximum atomic E-state index is 12.8. The standard InChI is InChI=1S/C23H32N4O4/c1-4-10-27(22(29)5-2)16-19-7-6-11-26(19)17-20-8-9-21(31-20)23(30)25-14-12-24(13-15-25)18(3)28/h6-9,11H,4-5,10,12-17H2,1-3H3. The number of carbonyl (C=O) groups is 3. The topological polar surface area (TPSA) is 79.0 Å². The summed E-state index contributed by atoms with van der Waals surface area (Å²) in [6.45, 7) is 9.39. The zero-order chi connectivity index (χ0) is 22.4. The molecule has 0 N–H and O–H groups in total. The second-order valence-corrected chi connectivity index (χ2v) is 7.86. The molecule has 3 amide bonds. The second kappa shape index (κ2) is 10.3. The molecular weight excluding hydrogens is 396 g/mol. The van der Waals surface area contributed by atoms with Crippen molar-refractivity contribution in [3.8, 4) is 0 Å². The third-order valence-electron chi connectivity index (χ3n) is 5.64. The van der Waals surface area contributed by atoms with E-state index < -0.39 is 0 Å². The van der Waals surface area contributed by atoms with Crippen LogP contribution in [-0.4, -0.2) is 69.7 Å². The van der Waals surface area contributed by atoms with Gasteiger partial charge in [0.05, 0.1) is 13.1 Å². The van der Waals surface area contributed by atoms with E-state index in [1.165, 1.54) is 0 Å². The van der Waals surface area contributed by atoms with Gasteiger partial charge >= 0.3 is 0 Å². The van der Waals surface area contributed by atoms with E-state index in [0.29, 0.717) is 57.2 Å². The number of furan rings is 1. The van der Waals surface area contributed by atoms with Crippen molar-refractivity contribution < 1.29 is 18.8 Å². The van der Waals surface area contributed by atoms with Crippen LogP contribution in [0, 0.1) is 0 Å². The lowest BCUT2D eigenvalue weighted by Gasteiger charge is -2.33. The highest BCUT2D eigenvalue weighted by Gasteiger charge is 2.25. The average molecular weight is 429 g/mol. The van der Waals surface area contributed by atoms with E-state index in [4.69, 9.17) is 4.42 Å². The van der Waals surface area contributed by atoms with Crippen molar-refractivity contribution in [3.63, 3.8) is 0 Å². The van der Waals surface area contributed by atoms with Crippen molar-refractivity contribution in [2.75, 3.05) is 32.7 Å². The highest BCUT2D eigenvalue weighted by atomic mass is 16.4. The fourth-order valence-electron chi connectivity index (χ4n) is 3.85. The van der Waals surface area contributed by atoms with Crippen LogP contribution in [0.5, 0.6) is 0 Å². The summed E-state index contributed by atoms with van der Waals surface area (Å²) in [5.74, 6) is 1.03. The zero-order valence-electron chi connectivity index (χ0n) is 18.7. The van der Waals surface area contributed by atoms with E-state index in [-0.39, 0.29) is 17.7 Å². The number of hydrogen-bond donors (Lipinski definition) is 0. The maximum absolute atomic E-state index is 12.8. The molecule has 0 aromatic carbocycles. The van der Waals surface area contributed by atoms with Gasteiger partial charge in [0.15, 0.2) is 5.76 Å². The van der Waals surface area contributed by atoms with E-state index >= 15 is 0 Å². The lowest BCUT2D eigenvalue weighted by atomic mass is 10.3. The van der Waals surface area contributed by atoms with Gasteiger partial charge in [-0.05, 0) is 30.7 Å². The number of carbonyl (C=O) groups excluding carboxylic acids is 3. The van der Waals surface area contributed by atoms with Crippen LogP contribution in [0.3, 0.4) is 0 Å². The first-order valence-electron chi connectivity index (χ1n) is 11.0. The van der Waals surface area contributed by atoms with Gasteiger partial charge in [0.1, 0.15) is 5.76 Å². The monoisotopic (exact) mass is 428 g/mol. The molecule has 1 fully saturated rings. The Labute approximate surface area is 183 Å². The molecule has 8 heteroatoms. The lowest BCUT2D eigenvalue weighted by molar-refractivity contribution is -0.131. The molecule has 0 bridgehead atoms. The van der Waals surface area contributed by atoms with E-state index in [1.54, 1.807) is 22.8 Å². The quantitative estimate of drug-likeness (QED) is 0.647. The number of piperazine rings is 1. The van der Waals surface area contributed by atoms with E-state index in [1.807, 2.05) is 40.8 Å². The van der Waals surface area contributed by atoms with Gasteiger partial charge in [-0.1, -0.05) is 13.8 Å². The van der Waals surface area contributed by atoms with Gasteiger partial charge in [0.2, 0.25) is 11.8 Å². The summed E-state index contributed by atoms with van der Waals surface area (Å²) in [5.41, 5.74) is 1.03. The van der Waals surface area contributed by atoms with Gasteiger partial charge in [-0.2, -0.15) is 0 Å². The molecule has 0 aliphatic carbocycles. The SMILES string of the molecule is CCCN(Cc1cccn1Cc1ccc(C(=O)N2CCN(C(C)=O)CC2)o1)C(=O)CC. The minimum atomic E-state index is -0.148. The number of nitrogens with zero attached hydrogens (tertiary/aromatic N) is 4. The summed E-state index contributed by atoms with van der Waals surface area (Å²) in [6.07, 6.45) is 3.36. The first-order chi connectivity index (χ1) is 14.9. The van der Waals surface area contributed by atoms with Gasteiger partial charge in [-0.3, -0.25) is 14.4 Å². The predicted molar refractivity (Wildman–Crippen MR) is 116 cm³/mol. The fraction of sp³-hybridized carbons (Fsp3) is 0.522. The summed E-state index contributed by atoms with van der Waals surface area (Å²) in [7, 11) is 0. The number of hydrogen-bond acceptors (Lipinski definition) is 4. The molecule has 3 rings (SSSR count). The third kappa shape index (κ3) is 5.57. The molecule has 0 atom stereocenters. The van der Waals surface area contributed by atoms with Crippen molar-refractivity contribution in [2.24, 2.45) is 0 Å². The normalized spacial score (nSPS) is 14.0. The van der Waals surface area contributed by atoms with Crippen LogP contribution in [0.4, 0.5) is 0 Å². The molecular formula is C23H32N4O4. The van der Waals surface area contributed by atoms with E-state index in [9.17, 15) is 14.4 Å². The van der Waals surface area contributed by atoms with Crippen LogP contribution in [0.25, 0.3) is 0 Å². The first-order valence-corrected chi connectivity index (χ1v) is 11.0. The Morgan fingerprint density at radius 2 is 1.74 bits per heavy atom. The Morgan fingerprint density at radius 3 is 2.39 bits per heavy atom. The molecule has 8 nitrogen and oxygen atoms in total. The van der Waals surface area contributed by atoms with Crippen LogP contribution < -0.4 is 0 Å². The highest BCUT2D eigenvalue weighted by Crippen LogP contribution is 2.16. The summed E-state index contributed by atoms with van der Waals surface area (Å²) in [5, 5.41) is 0. The molecule has 31 heavy (non-hydrogen) atoms. The molecule has 0 radical (unpaired) electrons. The first kappa shape index (κ1) is 22.7. The molecule has 2 aromatic rings. The Morgan fingerprint density at radius 1 is 1.03 bits per heavy atom. The van der Waals surface area contributed by atoms with Gasteiger partial charge in [-0.25, -0.2) is 0 Å². The molecule has 1 aliphatic heterocycles. The summed E-state index contributed by atoms with van der Waals surface area (Å²) < 4.78 is 7.90. The van der Waals surface area contributed by atoms with E-state index in [0.717, 1.165) is 18.7 Å². The molecule has 0 spiro atoms. The van der Waals surface area contributed by atoms with Crippen molar-refractivity contribution in [1.82, 2.24) is 19.3 Å². The van der Waals surface area contributed by atoms with Crippen molar-refractivity contribution in [1.29, 1.82) is 0 Å². The summed E-state index contributed by atoms with van der Waals surface area (Å²) in [4.78, 5) is 41.8. The fourth-order valence-corrected chi connectivity index (χ4v) is 3.85. The lowest BCUT2D eigenvalue weighted by Crippen LogP contribution is -2.50. The van der Waals surface area contributed by atoms with Gasteiger partial charge in [0.25, 0.3) is 5.91 Å². The Bertz CT molecular complexity index is 908. The molecule has 0 saturated carbocycles. The molecule has 168 valence electrons. The molecule has 2 aromatic heterocycles. The van der Waals surface area contributed by atoms with Crippen LogP contribution in [0.1, 0.15) is 55.6 Å². The molecule has 0 unspecified atom stereocenters. The van der Waals surface area contributed by atoms with Crippen LogP contribution in [0.2, 0.25) is 0 Å². The minimum absolute atomic E-state index is 0.0352. The van der Waals surface area contributed by atoms with Crippen molar-refractivity contribution in [3.05, 3.63) is 47.7 Å². The van der Waals surface area contributed by atoms with Crippen LogP contribution >= 0.6 is 0 Å². The van der Waals surface area contributed by atoms with E-state index in [2.05, 4.69) is 6.92 Å². The Hall–Kier alpha value is -3.03. The van der Waals surface area contributed by atoms with Gasteiger partial charge in [0, 0.05) is 58.0 Å². The highest BCUT2D eigenvalue weighted by molar-refractivity contribution is 5.91. The van der Waals surface area contributed by atoms with Crippen LogP contribution in [0.15, 0.2) is 34.9 Å². The summed E-state index contributed by atoms with van der Waals surface area (Å²) in [6, 6.07) is 7.50. The second-order valence-electron chi connectivity index (χ2n) is 7.86. The predicted octanol–water partition coefficient (Wildman–Crippen LogP) is 2.58. The number of rotatable bonds is 8. The Kier molecular flexibility index (Phi) is 7.55. The maximum Gasteiger partial charge on any atom is 0.289 e. The number of aromatic nitrogens is 1. The van der Waals surface area contributed by atoms with Gasteiger partial charge in [-0.15, -0.1) is 0 Å². The zero-order valence-corrected chi connectivity index (χ0v) is 18.7. The minimum Gasteiger partial charge on any atom is -0.454 e. The number of amides is 3. The van der Waals surface area contributed by atoms with Gasteiger partial charge < -0.3 is 23.7 Å². The summed E-state index contributed by atoms with van der Waals surface area (Å²) >= 11 is 0. The van der Waals surface area contributed by atoms with Crippen LogP contribution in [-0.2, 0) is 22.7 Å². The van der Waals surface area contributed by atoms with Crippen molar-refractivity contribution in [2.45, 2.75) is 46.7 Å². The van der Waals surface area contributed by atoms with Crippen molar-refractivity contribution >= 4 is 17.7 Å². The molecule has 1 aliphatic rings. The Balaban J connectivity index is 1.63. The third-order valence-corrected chi connectivity index (χ3v) is 5.64. The molecule has 1 saturated heterocycles.